The summed E-state index contributed by atoms with van der Waals surface area (Å²) in [5, 5.41) is 13.4. The molecule has 13 aromatic rings. The van der Waals surface area contributed by atoms with Crippen LogP contribution in [0, 0.1) is 11.6 Å². The molecule has 9 aromatic carbocycles. The standard InChI is InChI=1S/2C28H18FN3.C6H6/c2*29-21-16-17-24-23(18-21)25(19-10-4-1-5-11-19)26-27(20-12-6-2-7-13-20)31-32(28(26)30-24)22-14-8-3-9-15-22;1-2-4-6-5-3-1/h2*1-18H;1-6H. The molecule has 0 radical (unpaired) electrons. The maximum Gasteiger partial charge on any atom is 0.164 e. The number of aromatic nitrogens is 6. The molecule has 4 aromatic heterocycles. The number of para-hydroxylation sites is 2. The van der Waals surface area contributed by atoms with Crippen LogP contribution in [0.4, 0.5) is 8.78 Å². The third-order valence-electron chi connectivity index (χ3n) is 12.0. The van der Waals surface area contributed by atoms with Gasteiger partial charge in [0.05, 0.1) is 33.2 Å². The van der Waals surface area contributed by atoms with Crippen molar-refractivity contribution in [1.82, 2.24) is 29.5 Å². The third kappa shape index (κ3) is 8.57. The van der Waals surface area contributed by atoms with E-state index >= 15 is 0 Å². The Hall–Kier alpha value is -9.40. The molecule has 8 heteroatoms. The topological polar surface area (TPSA) is 61.4 Å². The van der Waals surface area contributed by atoms with E-state index < -0.39 is 0 Å². The Kier molecular flexibility index (Phi) is 12.0. The summed E-state index contributed by atoms with van der Waals surface area (Å²) in [6.07, 6.45) is 0. The molecule has 0 fully saturated rings. The highest BCUT2D eigenvalue weighted by Gasteiger charge is 2.24. The molecule has 0 aliphatic heterocycles. The molecule has 0 amide bonds. The zero-order valence-electron chi connectivity index (χ0n) is 37.7. The summed E-state index contributed by atoms with van der Waals surface area (Å²) in [6, 6.07) is 81.8. The highest BCUT2D eigenvalue weighted by atomic mass is 19.1. The Morgan fingerprint density at radius 1 is 0.300 bits per heavy atom. The summed E-state index contributed by atoms with van der Waals surface area (Å²) in [5.74, 6) is -0.569. The Labute approximate surface area is 403 Å². The summed E-state index contributed by atoms with van der Waals surface area (Å²) >= 11 is 0. The van der Waals surface area contributed by atoms with Gasteiger partial charge in [-0.2, -0.15) is 10.2 Å². The molecule has 0 aliphatic rings. The van der Waals surface area contributed by atoms with Gasteiger partial charge in [0.15, 0.2) is 11.3 Å². The third-order valence-corrected chi connectivity index (χ3v) is 12.0. The first kappa shape index (κ1) is 43.2. The van der Waals surface area contributed by atoms with Gasteiger partial charge >= 0.3 is 0 Å². The fourth-order valence-corrected chi connectivity index (χ4v) is 8.88. The lowest BCUT2D eigenvalue weighted by molar-refractivity contribution is 0.629. The van der Waals surface area contributed by atoms with Crippen molar-refractivity contribution in [3.8, 4) is 56.1 Å². The lowest BCUT2D eigenvalue weighted by atomic mass is 9.95. The summed E-state index contributed by atoms with van der Waals surface area (Å²) in [7, 11) is 0. The van der Waals surface area contributed by atoms with Gasteiger partial charge in [-0.15, -0.1) is 0 Å². The zero-order chi connectivity index (χ0) is 47.2. The van der Waals surface area contributed by atoms with Crippen molar-refractivity contribution in [3.63, 3.8) is 0 Å². The van der Waals surface area contributed by atoms with Gasteiger partial charge in [0.25, 0.3) is 0 Å². The second-order valence-electron chi connectivity index (χ2n) is 16.5. The Bertz CT molecular complexity index is 3600. The second-order valence-corrected chi connectivity index (χ2v) is 16.5. The Morgan fingerprint density at radius 2 is 0.586 bits per heavy atom. The van der Waals surface area contributed by atoms with Crippen LogP contribution in [0.25, 0.3) is 100 Å². The Balaban J connectivity index is 0.000000136. The first-order valence-corrected chi connectivity index (χ1v) is 23.0. The maximum atomic E-state index is 14.4. The average Bonchev–Trinajstić information content (AvgIpc) is 4.01. The smallest absolute Gasteiger partial charge is 0.164 e. The number of fused-ring (bicyclic) bond motifs is 4. The lowest BCUT2D eigenvalue weighted by Gasteiger charge is -2.11. The summed E-state index contributed by atoms with van der Waals surface area (Å²) in [6.45, 7) is 0. The number of benzene rings is 9. The van der Waals surface area contributed by atoms with Crippen LogP contribution < -0.4 is 0 Å². The number of hydrogen-bond acceptors (Lipinski definition) is 4. The molecular formula is C62H42F2N6. The first-order chi connectivity index (χ1) is 34.6. The van der Waals surface area contributed by atoms with E-state index in [1.54, 1.807) is 24.3 Å². The molecule has 0 spiro atoms. The molecule has 0 bridgehead atoms. The van der Waals surface area contributed by atoms with Crippen LogP contribution >= 0.6 is 0 Å². The molecule has 0 N–H and O–H groups in total. The molecule has 0 saturated carbocycles. The van der Waals surface area contributed by atoms with Crippen LogP contribution in [-0.4, -0.2) is 29.5 Å². The van der Waals surface area contributed by atoms with Gasteiger partial charge in [-0.3, -0.25) is 0 Å². The predicted octanol–water partition coefficient (Wildman–Crippen LogP) is 15.8. The van der Waals surface area contributed by atoms with Gasteiger partial charge in [0.2, 0.25) is 0 Å². The van der Waals surface area contributed by atoms with Crippen molar-refractivity contribution in [2.24, 2.45) is 0 Å². The SMILES string of the molecule is Fc1ccc2nc3c(c(-c4ccccc4)nn3-c3ccccc3)c(-c3ccccc3)c2c1.Fc1ccc2nc3c(c(-c4ccccc4)nn3-c3ccccc3)c(-c3ccccc3)c2c1.c1ccccc1. The van der Waals surface area contributed by atoms with E-state index in [0.717, 1.165) is 100 Å². The van der Waals surface area contributed by atoms with E-state index in [4.69, 9.17) is 20.2 Å². The zero-order valence-corrected chi connectivity index (χ0v) is 37.7. The van der Waals surface area contributed by atoms with Crippen LogP contribution in [0.5, 0.6) is 0 Å². The van der Waals surface area contributed by atoms with Crippen molar-refractivity contribution >= 4 is 43.9 Å². The van der Waals surface area contributed by atoms with Crippen molar-refractivity contribution < 1.29 is 8.78 Å². The molecule has 0 aliphatic carbocycles. The van der Waals surface area contributed by atoms with Crippen molar-refractivity contribution in [3.05, 3.63) is 266 Å². The highest BCUT2D eigenvalue weighted by molar-refractivity contribution is 6.15. The van der Waals surface area contributed by atoms with Gasteiger partial charge in [-0.05, 0) is 71.8 Å². The fourth-order valence-electron chi connectivity index (χ4n) is 8.88. The largest absolute Gasteiger partial charge is 0.228 e. The number of hydrogen-bond donors (Lipinski definition) is 0. The first-order valence-electron chi connectivity index (χ1n) is 23.0. The van der Waals surface area contributed by atoms with E-state index in [-0.39, 0.29) is 11.6 Å². The molecular weight excluding hydrogens is 867 g/mol. The molecule has 6 nitrogen and oxygen atoms in total. The summed E-state index contributed by atoms with van der Waals surface area (Å²) in [5.41, 5.74) is 12.3. The number of rotatable bonds is 6. The van der Waals surface area contributed by atoms with Crippen molar-refractivity contribution in [1.29, 1.82) is 0 Å². The minimum absolute atomic E-state index is 0.285. The van der Waals surface area contributed by atoms with E-state index in [1.807, 2.05) is 228 Å². The van der Waals surface area contributed by atoms with E-state index in [1.165, 1.54) is 12.1 Å². The highest BCUT2D eigenvalue weighted by Crippen LogP contribution is 2.43. The average molecular weight is 909 g/mol. The van der Waals surface area contributed by atoms with E-state index in [0.29, 0.717) is 0 Å². The molecule has 4 heterocycles. The summed E-state index contributed by atoms with van der Waals surface area (Å²) < 4.78 is 32.5. The fraction of sp³-hybridized carbons (Fsp3) is 0. The van der Waals surface area contributed by atoms with Gasteiger partial charge < -0.3 is 0 Å². The van der Waals surface area contributed by atoms with Crippen LogP contribution in [0.2, 0.25) is 0 Å². The van der Waals surface area contributed by atoms with Gasteiger partial charge in [-0.25, -0.2) is 28.1 Å². The van der Waals surface area contributed by atoms with Crippen LogP contribution in [0.15, 0.2) is 255 Å². The monoisotopic (exact) mass is 908 g/mol. The lowest BCUT2D eigenvalue weighted by Crippen LogP contribution is -1.98. The summed E-state index contributed by atoms with van der Waals surface area (Å²) in [4.78, 5) is 9.92. The molecule has 334 valence electrons. The number of halogens is 2. The molecule has 70 heavy (non-hydrogen) atoms. The van der Waals surface area contributed by atoms with Crippen LogP contribution in [0.3, 0.4) is 0 Å². The van der Waals surface area contributed by atoms with E-state index in [9.17, 15) is 8.78 Å². The minimum atomic E-state index is -0.285. The van der Waals surface area contributed by atoms with E-state index in [2.05, 4.69) is 0 Å². The minimum Gasteiger partial charge on any atom is -0.228 e. The van der Waals surface area contributed by atoms with Crippen molar-refractivity contribution in [2.45, 2.75) is 0 Å². The maximum absolute atomic E-state index is 14.4. The molecule has 13 rings (SSSR count). The Morgan fingerprint density at radius 3 is 0.914 bits per heavy atom. The number of nitrogens with zero attached hydrogens (tertiary/aromatic N) is 6. The molecule has 0 unspecified atom stereocenters. The second kappa shape index (κ2) is 19.4. The van der Waals surface area contributed by atoms with Gasteiger partial charge in [0.1, 0.15) is 23.0 Å². The van der Waals surface area contributed by atoms with Crippen LogP contribution in [0.1, 0.15) is 0 Å². The quantitative estimate of drug-likeness (QED) is 0.167. The van der Waals surface area contributed by atoms with Crippen LogP contribution in [-0.2, 0) is 0 Å². The number of pyridine rings is 2. The van der Waals surface area contributed by atoms with Gasteiger partial charge in [-0.1, -0.05) is 194 Å². The van der Waals surface area contributed by atoms with Gasteiger partial charge in [0, 0.05) is 33.0 Å². The predicted molar refractivity (Wildman–Crippen MR) is 281 cm³/mol. The van der Waals surface area contributed by atoms with Crippen molar-refractivity contribution in [2.75, 3.05) is 0 Å². The normalized spacial score (nSPS) is 11.0. The molecule has 0 saturated heterocycles. The molecule has 0 atom stereocenters.